The maximum atomic E-state index is 9.57. The zero-order valence-corrected chi connectivity index (χ0v) is 7.09. The molecule has 0 saturated carbocycles. The highest BCUT2D eigenvalue weighted by Crippen LogP contribution is 2.33. The van der Waals surface area contributed by atoms with Crippen LogP contribution in [0.1, 0.15) is 27.7 Å². The van der Waals surface area contributed by atoms with Gasteiger partial charge in [0.25, 0.3) is 0 Å². The van der Waals surface area contributed by atoms with Crippen molar-refractivity contribution in [1.82, 2.24) is 0 Å². The lowest BCUT2D eigenvalue weighted by Crippen LogP contribution is -2.31. The predicted molar refractivity (Wildman–Crippen MR) is 39.8 cm³/mol. The van der Waals surface area contributed by atoms with E-state index in [-0.39, 0.29) is 23.7 Å². The Bertz CT molecular complexity index is 126. The van der Waals surface area contributed by atoms with Crippen molar-refractivity contribution in [1.29, 1.82) is 0 Å². The molecule has 0 bridgehead atoms. The summed E-state index contributed by atoms with van der Waals surface area (Å²) in [6.45, 7) is 8.05. The summed E-state index contributed by atoms with van der Waals surface area (Å²) in [6.07, 6.45) is 0.0247. The summed E-state index contributed by atoms with van der Waals surface area (Å²) < 4.78 is 5.16. The highest BCUT2D eigenvalue weighted by atomic mass is 16.6. The number of aliphatic hydroxyl groups excluding tert-OH is 1. The van der Waals surface area contributed by atoms with Crippen LogP contribution in [-0.4, -0.2) is 23.4 Å². The van der Waals surface area contributed by atoms with Crippen molar-refractivity contribution in [2.45, 2.75) is 46.0 Å². The molecule has 0 aromatic rings. The van der Waals surface area contributed by atoms with Gasteiger partial charge in [0.05, 0.1) is 12.2 Å². The molecule has 60 valence electrons. The van der Waals surface area contributed by atoms with Crippen LogP contribution in [-0.2, 0) is 4.74 Å². The fourth-order valence-corrected chi connectivity index (χ4v) is 1.03. The maximum absolute atomic E-state index is 9.57. The zero-order chi connectivity index (χ0) is 7.94. The third kappa shape index (κ3) is 1.50. The normalized spacial score (nSPS) is 35.7. The first-order valence-electron chi connectivity index (χ1n) is 3.76. The molecule has 0 amide bonds. The van der Waals surface area contributed by atoms with E-state index in [0.717, 1.165) is 0 Å². The minimum absolute atomic E-state index is 0.0462. The number of hydrogen-bond donors (Lipinski definition) is 1. The molecule has 1 fully saturated rings. The molecule has 1 heterocycles. The van der Waals surface area contributed by atoms with Gasteiger partial charge in [0.1, 0.15) is 6.10 Å². The third-order valence-electron chi connectivity index (χ3n) is 1.96. The van der Waals surface area contributed by atoms with Gasteiger partial charge in [-0.3, -0.25) is 0 Å². The zero-order valence-electron chi connectivity index (χ0n) is 7.09. The van der Waals surface area contributed by atoms with Crippen LogP contribution in [0.2, 0.25) is 0 Å². The van der Waals surface area contributed by atoms with E-state index in [4.69, 9.17) is 4.74 Å². The van der Waals surface area contributed by atoms with E-state index < -0.39 is 0 Å². The summed E-state index contributed by atoms with van der Waals surface area (Å²) in [4.78, 5) is 0. The Morgan fingerprint density at radius 1 is 1.40 bits per heavy atom. The highest BCUT2D eigenvalue weighted by molar-refractivity contribution is 4.92. The minimum atomic E-state index is -0.317. The Balaban J connectivity index is 2.42. The molecule has 1 aliphatic heterocycles. The average Bonchev–Trinajstić information content (AvgIpc) is 2.42. The van der Waals surface area contributed by atoms with Crippen LogP contribution in [0, 0.1) is 5.41 Å². The molecule has 2 nitrogen and oxygen atoms in total. The summed E-state index contributed by atoms with van der Waals surface area (Å²) in [5.74, 6) is 0. The van der Waals surface area contributed by atoms with Gasteiger partial charge in [-0.2, -0.15) is 0 Å². The summed E-state index contributed by atoms with van der Waals surface area (Å²) in [5, 5.41) is 9.57. The lowest BCUT2D eigenvalue weighted by molar-refractivity contribution is 0.0378. The molecule has 1 rings (SSSR count). The molecule has 0 aliphatic carbocycles. The van der Waals surface area contributed by atoms with E-state index in [9.17, 15) is 5.11 Å². The Morgan fingerprint density at radius 2 is 1.80 bits per heavy atom. The molecule has 2 heteroatoms. The van der Waals surface area contributed by atoms with Gasteiger partial charge in [0.15, 0.2) is 0 Å². The van der Waals surface area contributed by atoms with Crippen LogP contribution in [0.25, 0.3) is 0 Å². The van der Waals surface area contributed by atoms with Crippen molar-refractivity contribution < 1.29 is 9.84 Å². The standard InChI is InChI=1S/C8H16O2/c1-5-6(10-5)7(9)8(2,3)4/h5-7,9H,1-4H3/t5-,6+,7-/m1/s1. The molecule has 0 radical (unpaired) electrons. The number of rotatable bonds is 1. The van der Waals surface area contributed by atoms with Crippen molar-refractivity contribution in [2.75, 3.05) is 0 Å². The lowest BCUT2D eigenvalue weighted by Gasteiger charge is -2.24. The van der Waals surface area contributed by atoms with Gasteiger partial charge >= 0.3 is 0 Å². The molecular weight excluding hydrogens is 128 g/mol. The Labute approximate surface area is 62.2 Å². The predicted octanol–water partition coefficient (Wildman–Crippen LogP) is 1.18. The van der Waals surface area contributed by atoms with Crippen molar-refractivity contribution in [3.63, 3.8) is 0 Å². The molecular formula is C8H16O2. The van der Waals surface area contributed by atoms with Gasteiger partial charge in [-0.05, 0) is 12.3 Å². The van der Waals surface area contributed by atoms with Crippen molar-refractivity contribution in [3.05, 3.63) is 0 Å². The average molecular weight is 144 g/mol. The number of epoxide rings is 1. The van der Waals surface area contributed by atoms with Gasteiger partial charge in [0, 0.05) is 0 Å². The topological polar surface area (TPSA) is 32.8 Å². The molecule has 0 aromatic carbocycles. The fraction of sp³-hybridized carbons (Fsp3) is 1.00. The molecule has 1 N–H and O–H groups in total. The molecule has 3 atom stereocenters. The van der Waals surface area contributed by atoms with Crippen LogP contribution in [0.5, 0.6) is 0 Å². The van der Waals surface area contributed by atoms with Crippen molar-refractivity contribution in [2.24, 2.45) is 5.41 Å². The van der Waals surface area contributed by atoms with Crippen LogP contribution >= 0.6 is 0 Å². The van der Waals surface area contributed by atoms with Gasteiger partial charge in [-0.25, -0.2) is 0 Å². The highest BCUT2D eigenvalue weighted by Gasteiger charge is 2.45. The van der Waals surface area contributed by atoms with Crippen LogP contribution in [0.4, 0.5) is 0 Å². The molecule has 0 unspecified atom stereocenters. The van der Waals surface area contributed by atoms with Gasteiger partial charge in [0.2, 0.25) is 0 Å². The van der Waals surface area contributed by atoms with E-state index in [1.165, 1.54) is 0 Å². The second-order valence-electron chi connectivity index (χ2n) is 4.12. The first kappa shape index (κ1) is 8.02. The molecule has 10 heavy (non-hydrogen) atoms. The van der Waals surface area contributed by atoms with Crippen LogP contribution in [0.15, 0.2) is 0 Å². The Morgan fingerprint density at radius 3 is 1.90 bits per heavy atom. The maximum Gasteiger partial charge on any atom is 0.110 e. The van der Waals surface area contributed by atoms with E-state index in [1.807, 2.05) is 27.7 Å². The summed E-state index contributed by atoms with van der Waals surface area (Å²) in [5.41, 5.74) is -0.0462. The molecule has 0 aromatic heterocycles. The van der Waals surface area contributed by atoms with Crippen LogP contribution in [0.3, 0.4) is 0 Å². The fourth-order valence-electron chi connectivity index (χ4n) is 1.03. The summed E-state index contributed by atoms with van der Waals surface area (Å²) in [7, 11) is 0. The SMILES string of the molecule is C[C@H]1O[C@@H]1[C@@H](O)C(C)(C)C. The van der Waals surface area contributed by atoms with E-state index in [1.54, 1.807) is 0 Å². The number of aliphatic hydroxyl groups is 1. The van der Waals surface area contributed by atoms with Crippen molar-refractivity contribution in [3.8, 4) is 0 Å². The van der Waals surface area contributed by atoms with E-state index in [0.29, 0.717) is 0 Å². The van der Waals surface area contributed by atoms with Crippen LogP contribution < -0.4 is 0 Å². The first-order valence-corrected chi connectivity index (χ1v) is 3.76. The monoisotopic (exact) mass is 144 g/mol. The molecule has 1 saturated heterocycles. The minimum Gasteiger partial charge on any atom is -0.390 e. The third-order valence-corrected chi connectivity index (χ3v) is 1.96. The lowest BCUT2D eigenvalue weighted by atomic mass is 9.86. The Kier molecular flexibility index (Phi) is 1.77. The van der Waals surface area contributed by atoms with Gasteiger partial charge in [-0.1, -0.05) is 20.8 Å². The van der Waals surface area contributed by atoms with Gasteiger partial charge < -0.3 is 9.84 Å². The second-order valence-corrected chi connectivity index (χ2v) is 4.12. The Hall–Kier alpha value is -0.0800. The van der Waals surface area contributed by atoms with E-state index in [2.05, 4.69) is 0 Å². The summed E-state index contributed by atoms with van der Waals surface area (Å²) >= 11 is 0. The second kappa shape index (κ2) is 2.21. The smallest absolute Gasteiger partial charge is 0.110 e. The summed E-state index contributed by atoms with van der Waals surface area (Å²) in [6, 6.07) is 0. The molecule has 1 aliphatic rings. The number of hydrogen-bond acceptors (Lipinski definition) is 2. The largest absolute Gasteiger partial charge is 0.390 e. The van der Waals surface area contributed by atoms with Gasteiger partial charge in [-0.15, -0.1) is 0 Å². The quantitative estimate of drug-likeness (QED) is 0.560. The van der Waals surface area contributed by atoms with Crippen molar-refractivity contribution >= 4 is 0 Å². The first-order chi connectivity index (χ1) is 4.43. The molecule has 0 spiro atoms. The van der Waals surface area contributed by atoms with E-state index >= 15 is 0 Å². The number of ether oxygens (including phenoxy) is 1.